The van der Waals surface area contributed by atoms with Crippen LogP contribution in [0.3, 0.4) is 0 Å². The van der Waals surface area contributed by atoms with Crippen molar-refractivity contribution in [3.63, 3.8) is 0 Å². The fourth-order valence-corrected chi connectivity index (χ4v) is 6.92. The molecule has 0 spiro atoms. The topological polar surface area (TPSA) is 66.4 Å². The number of carbonyl (C=O) groups excluding carboxylic acids is 1. The molecule has 0 aliphatic heterocycles. The first-order valence-electron chi connectivity index (χ1n) is 10.9. The van der Waals surface area contributed by atoms with Gasteiger partial charge >= 0.3 is 5.97 Å². The molecule has 31 heavy (non-hydrogen) atoms. The van der Waals surface area contributed by atoms with Gasteiger partial charge in [0, 0.05) is 12.1 Å². The normalized spacial score (nSPS) is 28.5. The fourth-order valence-electron chi connectivity index (χ4n) is 6.72. The lowest BCUT2D eigenvalue weighted by atomic mass is 9.49. The molecule has 6 heteroatoms. The van der Waals surface area contributed by atoms with Crippen molar-refractivity contribution in [2.45, 2.75) is 38.5 Å². The Morgan fingerprint density at radius 2 is 1.68 bits per heavy atom. The molecule has 4 fully saturated rings. The first kappa shape index (κ1) is 20.5. The highest BCUT2D eigenvalue weighted by Gasteiger charge is 2.50. The number of hydrogen-bond donors (Lipinski definition) is 2. The summed E-state index contributed by atoms with van der Waals surface area (Å²) in [5, 5.41) is 12.8. The average Bonchev–Trinajstić information content (AvgIpc) is 2.71. The Morgan fingerprint density at radius 1 is 1.03 bits per heavy atom. The Bertz CT molecular complexity index is 1030. The highest BCUT2D eigenvalue weighted by molar-refractivity contribution is 6.34. The smallest absolute Gasteiger partial charge is 0.336 e. The molecule has 4 saturated carbocycles. The molecule has 4 nitrogen and oxygen atoms in total. The summed E-state index contributed by atoms with van der Waals surface area (Å²) in [5.74, 6) is 0.219. The molecule has 4 aliphatic rings. The van der Waals surface area contributed by atoms with Crippen molar-refractivity contribution in [1.29, 1.82) is 0 Å². The SMILES string of the molecule is O=C(NCC12CC3CC(CC(C3)C1)C2)c1cc(-c2c(F)cccc2C(=O)O)ccc1Cl. The largest absolute Gasteiger partial charge is 0.478 e. The summed E-state index contributed by atoms with van der Waals surface area (Å²) in [7, 11) is 0. The van der Waals surface area contributed by atoms with E-state index in [1.165, 1.54) is 68.9 Å². The number of carbonyl (C=O) groups is 2. The molecular formula is C25H25ClFNO3. The molecule has 0 aromatic heterocycles. The third-order valence-corrected chi connectivity index (χ3v) is 7.86. The van der Waals surface area contributed by atoms with E-state index < -0.39 is 11.8 Å². The van der Waals surface area contributed by atoms with Gasteiger partial charge in [-0.1, -0.05) is 23.7 Å². The number of carboxylic acids is 1. The van der Waals surface area contributed by atoms with Gasteiger partial charge in [0.05, 0.1) is 16.1 Å². The maximum Gasteiger partial charge on any atom is 0.336 e. The molecule has 0 saturated heterocycles. The second kappa shape index (κ2) is 7.63. The lowest BCUT2D eigenvalue weighted by Gasteiger charge is -2.56. The molecular weight excluding hydrogens is 417 g/mol. The molecule has 6 rings (SSSR count). The predicted molar refractivity (Wildman–Crippen MR) is 117 cm³/mol. The average molecular weight is 442 g/mol. The van der Waals surface area contributed by atoms with Gasteiger partial charge in [0.25, 0.3) is 5.91 Å². The predicted octanol–water partition coefficient (Wildman–Crippen LogP) is 5.79. The number of carboxylic acid groups (broad SMARTS) is 1. The van der Waals surface area contributed by atoms with Crippen molar-refractivity contribution in [3.8, 4) is 11.1 Å². The summed E-state index contributed by atoms with van der Waals surface area (Å²) in [6, 6.07) is 8.47. The second-order valence-electron chi connectivity index (χ2n) is 9.76. The van der Waals surface area contributed by atoms with Crippen LogP contribution >= 0.6 is 11.6 Å². The third kappa shape index (κ3) is 3.73. The Labute approximate surface area is 185 Å². The van der Waals surface area contributed by atoms with Crippen molar-refractivity contribution in [3.05, 3.63) is 58.4 Å². The Kier molecular flexibility index (Phi) is 5.04. The molecule has 0 radical (unpaired) electrons. The van der Waals surface area contributed by atoms with Crippen LogP contribution in [0, 0.1) is 29.0 Å². The van der Waals surface area contributed by atoms with Crippen LogP contribution in [-0.4, -0.2) is 23.5 Å². The van der Waals surface area contributed by atoms with Gasteiger partial charge in [0.1, 0.15) is 5.82 Å². The van der Waals surface area contributed by atoms with E-state index in [9.17, 15) is 19.1 Å². The number of benzene rings is 2. The molecule has 162 valence electrons. The molecule has 4 aliphatic carbocycles. The first-order chi connectivity index (χ1) is 14.8. The van der Waals surface area contributed by atoms with Crippen molar-refractivity contribution in [1.82, 2.24) is 5.32 Å². The minimum Gasteiger partial charge on any atom is -0.478 e. The summed E-state index contributed by atoms with van der Waals surface area (Å²) in [4.78, 5) is 24.6. The number of nitrogens with one attached hydrogen (secondary N) is 1. The lowest BCUT2D eigenvalue weighted by Crippen LogP contribution is -2.51. The van der Waals surface area contributed by atoms with E-state index in [-0.39, 0.29) is 33.0 Å². The summed E-state index contributed by atoms with van der Waals surface area (Å²) in [6.45, 7) is 0.635. The van der Waals surface area contributed by atoms with E-state index in [1.807, 2.05) is 0 Å². The Hall–Kier alpha value is -2.40. The Balaban J connectivity index is 1.39. The van der Waals surface area contributed by atoms with Crippen LogP contribution in [-0.2, 0) is 0 Å². The molecule has 0 heterocycles. The van der Waals surface area contributed by atoms with Crippen LogP contribution in [0.2, 0.25) is 5.02 Å². The van der Waals surface area contributed by atoms with E-state index in [0.29, 0.717) is 12.1 Å². The van der Waals surface area contributed by atoms with Crippen molar-refractivity contribution < 1.29 is 19.1 Å². The first-order valence-corrected chi connectivity index (χ1v) is 11.3. The zero-order valence-electron chi connectivity index (χ0n) is 17.2. The number of rotatable bonds is 5. The van der Waals surface area contributed by atoms with Gasteiger partial charge in [0.2, 0.25) is 0 Å². The van der Waals surface area contributed by atoms with Gasteiger partial charge in [-0.05, 0) is 91.5 Å². The monoisotopic (exact) mass is 441 g/mol. The van der Waals surface area contributed by atoms with Crippen LogP contribution in [0.25, 0.3) is 11.1 Å². The zero-order valence-corrected chi connectivity index (χ0v) is 17.9. The summed E-state index contributed by atoms with van der Waals surface area (Å²) in [6.07, 6.45) is 7.58. The zero-order chi connectivity index (χ0) is 21.8. The van der Waals surface area contributed by atoms with E-state index in [2.05, 4.69) is 5.32 Å². The number of halogens is 2. The van der Waals surface area contributed by atoms with Crippen molar-refractivity contribution in [2.75, 3.05) is 6.54 Å². The summed E-state index contributed by atoms with van der Waals surface area (Å²) < 4.78 is 14.5. The van der Waals surface area contributed by atoms with E-state index >= 15 is 0 Å². The molecule has 2 N–H and O–H groups in total. The van der Waals surface area contributed by atoms with Crippen LogP contribution in [0.5, 0.6) is 0 Å². The number of hydrogen-bond acceptors (Lipinski definition) is 2. The van der Waals surface area contributed by atoms with Gasteiger partial charge in [-0.25, -0.2) is 9.18 Å². The van der Waals surface area contributed by atoms with Gasteiger partial charge in [-0.3, -0.25) is 4.79 Å². The van der Waals surface area contributed by atoms with Crippen molar-refractivity contribution in [2.24, 2.45) is 23.2 Å². The molecule has 0 atom stereocenters. The van der Waals surface area contributed by atoms with E-state index in [0.717, 1.165) is 17.8 Å². The third-order valence-electron chi connectivity index (χ3n) is 7.53. The van der Waals surface area contributed by atoms with Crippen LogP contribution in [0.15, 0.2) is 36.4 Å². The molecule has 2 aromatic carbocycles. The summed E-state index contributed by atoms with van der Waals surface area (Å²) in [5.41, 5.74) is 0.559. The second-order valence-corrected chi connectivity index (χ2v) is 10.2. The standard InChI is InChI=1S/C25H25ClFNO3/c26-20-5-4-17(22-18(24(30)31)2-1-3-21(22)27)9-19(20)23(29)28-13-25-10-14-6-15(11-25)8-16(7-14)12-25/h1-5,9,14-16H,6-8,10-13H2,(H,28,29)(H,30,31). The number of amides is 1. The quantitative estimate of drug-likeness (QED) is 0.617. The maximum atomic E-state index is 14.5. The lowest BCUT2D eigenvalue weighted by molar-refractivity contribution is -0.0503. The van der Waals surface area contributed by atoms with Gasteiger partial charge < -0.3 is 10.4 Å². The molecule has 4 bridgehead atoms. The number of aromatic carboxylic acids is 1. The highest BCUT2D eigenvalue weighted by atomic mass is 35.5. The van der Waals surface area contributed by atoms with Gasteiger partial charge in [-0.15, -0.1) is 0 Å². The van der Waals surface area contributed by atoms with Gasteiger partial charge in [0.15, 0.2) is 0 Å². The molecule has 0 unspecified atom stereocenters. The maximum absolute atomic E-state index is 14.5. The van der Waals surface area contributed by atoms with E-state index in [1.54, 1.807) is 6.07 Å². The van der Waals surface area contributed by atoms with Crippen LogP contribution in [0.4, 0.5) is 4.39 Å². The van der Waals surface area contributed by atoms with Gasteiger partial charge in [-0.2, -0.15) is 0 Å². The highest BCUT2D eigenvalue weighted by Crippen LogP contribution is 2.59. The minimum absolute atomic E-state index is 0.0400. The molecule has 2 aromatic rings. The van der Waals surface area contributed by atoms with E-state index in [4.69, 9.17) is 11.6 Å². The van der Waals surface area contributed by atoms with Crippen LogP contribution in [0.1, 0.15) is 59.2 Å². The fraction of sp³-hybridized carbons (Fsp3) is 0.440. The summed E-state index contributed by atoms with van der Waals surface area (Å²) >= 11 is 6.30. The Morgan fingerprint density at radius 3 is 2.29 bits per heavy atom. The molecule has 1 amide bonds. The van der Waals surface area contributed by atoms with Crippen molar-refractivity contribution >= 4 is 23.5 Å². The van der Waals surface area contributed by atoms with Crippen LogP contribution < -0.4 is 5.32 Å². The minimum atomic E-state index is -1.22.